The number of hydrogen-bond acceptors (Lipinski definition) is 7. The summed E-state index contributed by atoms with van der Waals surface area (Å²) in [5, 5.41) is 10.7. The molecule has 0 aromatic heterocycles. The number of carbonyl (C=O) groups excluding carboxylic acids is 6. The van der Waals surface area contributed by atoms with Gasteiger partial charge in [0.25, 0.3) is 5.91 Å². The van der Waals surface area contributed by atoms with E-state index in [0.717, 1.165) is 12.8 Å². The van der Waals surface area contributed by atoms with Crippen molar-refractivity contribution in [2.45, 2.75) is 112 Å². The fourth-order valence-electron chi connectivity index (χ4n) is 5.28. The third-order valence-electron chi connectivity index (χ3n) is 8.46. The molecule has 0 spiro atoms. The molecule has 2 aliphatic rings. The van der Waals surface area contributed by atoms with Gasteiger partial charge in [-0.3, -0.25) is 19.2 Å². The maximum Gasteiger partial charge on any atom is 0.328 e. The highest BCUT2D eigenvalue weighted by molar-refractivity contribution is 6.38. The van der Waals surface area contributed by atoms with Gasteiger partial charge in [-0.15, -0.1) is 6.58 Å². The Balaban J connectivity index is 2.25. The van der Waals surface area contributed by atoms with E-state index in [0.29, 0.717) is 31.9 Å². The first-order valence-electron chi connectivity index (χ1n) is 16.3. The lowest BCUT2D eigenvalue weighted by Gasteiger charge is -2.36. The third-order valence-corrected chi connectivity index (χ3v) is 8.46. The van der Waals surface area contributed by atoms with Gasteiger partial charge in [-0.05, 0) is 54.8 Å². The molecule has 1 heterocycles. The average Bonchev–Trinajstić information content (AvgIpc) is 3.68. The second kappa shape index (κ2) is 16.7. The summed E-state index contributed by atoms with van der Waals surface area (Å²) in [4.78, 5) is 80.6. The van der Waals surface area contributed by atoms with Crippen LogP contribution in [0.5, 0.6) is 0 Å². The van der Waals surface area contributed by atoms with Gasteiger partial charge in [-0.25, -0.2) is 9.59 Å². The van der Waals surface area contributed by atoms with Crippen LogP contribution in [0.4, 0.5) is 4.79 Å². The molecule has 1 saturated heterocycles. The second-order valence-corrected chi connectivity index (χ2v) is 14.2. The summed E-state index contributed by atoms with van der Waals surface area (Å²) < 4.78 is 5.41. The Kier molecular flexibility index (Phi) is 14.0. The molecule has 5 atom stereocenters. The molecule has 45 heavy (non-hydrogen) atoms. The van der Waals surface area contributed by atoms with E-state index < -0.39 is 65.1 Å². The number of ether oxygens (including phenoxy) is 1. The smallest absolute Gasteiger partial charge is 0.328 e. The Hall–Kier alpha value is -3.44. The summed E-state index contributed by atoms with van der Waals surface area (Å²) in [5.41, 5.74) is -0.755. The molecule has 1 aliphatic carbocycles. The quantitative estimate of drug-likeness (QED) is 0.115. The van der Waals surface area contributed by atoms with Crippen LogP contribution in [0, 0.1) is 29.1 Å². The van der Waals surface area contributed by atoms with Gasteiger partial charge < -0.3 is 30.9 Å². The zero-order chi connectivity index (χ0) is 34.1. The largest absolute Gasteiger partial charge is 0.464 e. The van der Waals surface area contributed by atoms with Gasteiger partial charge in [0, 0.05) is 13.1 Å². The maximum atomic E-state index is 14.2. The van der Waals surface area contributed by atoms with E-state index in [1.54, 1.807) is 13.8 Å². The number of hydrogen-bond donors (Lipinski definition) is 4. The molecule has 1 aliphatic heterocycles. The number of nitrogens with one attached hydrogen (secondary N) is 4. The summed E-state index contributed by atoms with van der Waals surface area (Å²) in [6.45, 7) is 19.2. The highest BCUT2D eigenvalue weighted by atomic mass is 16.5. The maximum absolute atomic E-state index is 14.2. The van der Waals surface area contributed by atoms with Crippen LogP contribution in [-0.4, -0.2) is 84.3 Å². The van der Waals surface area contributed by atoms with Crippen LogP contribution < -0.4 is 21.3 Å². The summed E-state index contributed by atoms with van der Waals surface area (Å²) in [6.07, 6.45) is 4.68. The van der Waals surface area contributed by atoms with Crippen LogP contribution in [0.3, 0.4) is 0 Å². The molecular weight excluding hydrogens is 578 g/mol. The van der Waals surface area contributed by atoms with Gasteiger partial charge in [-0.1, -0.05) is 67.9 Å². The van der Waals surface area contributed by atoms with Crippen molar-refractivity contribution in [2.75, 3.05) is 19.7 Å². The van der Waals surface area contributed by atoms with E-state index in [4.69, 9.17) is 4.74 Å². The predicted molar refractivity (Wildman–Crippen MR) is 171 cm³/mol. The van der Waals surface area contributed by atoms with Crippen molar-refractivity contribution in [1.29, 1.82) is 0 Å². The van der Waals surface area contributed by atoms with Gasteiger partial charge in [-0.2, -0.15) is 0 Å². The molecule has 5 unspecified atom stereocenters. The molecule has 254 valence electrons. The lowest BCUT2D eigenvalue weighted by atomic mass is 9.85. The lowest BCUT2D eigenvalue weighted by molar-refractivity contribution is -0.147. The number of likely N-dealkylation sites (tertiary alicyclic amines) is 1. The Morgan fingerprint density at radius 3 is 2.16 bits per heavy atom. The predicted octanol–water partition coefficient (Wildman–Crippen LogP) is 2.71. The molecule has 0 aromatic rings. The first kappa shape index (κ1) is 37.7. The molecule has 1 saturated carbocycles. The fraction of sp³-hybridized carbons (Fsp3) is 0.758. The van der Waals surface area contributed by atoms with E-state index in [1.807, 2.05) is 41.5 Å². The van der Waals surface area contributed by atoms with Crippen LogP contribution in [0.25, 0.3) is 0 Å². The van der Waals surface area contributed by atoms with E-state index in [1.165, 1.54) is 11.0 Å². The van der Waals surface area contributed by atoms with Crippen LogP contribution in [0.1, 0.15) is 87.5 Å². The highest BCUT2D eigenvalue weighted by Crippen LogP contribution is 2.32. The van der Waals surface area contributed by atoms with Gasteiger partial charge >= 0.3 is 12.0 Å². The first-order valence-corrected chi connectivity index (χ1v) is 16.3. The number of nitrogens with zero attached hydrogens (tertiary/aromatic N) is 1. The van der Waals surface area contributed by atoms with E-state index in [2.05, 4.69) is 27.8 Å². The molecule has 2 fully saturated rings. The van der Waals surface area contributed by atoms with Crippen molar-refractivity contribution in [3.05, 3.63) is 12.7 Å². The average molecular weight is 634 g/mol. The summed E-state index contributed by atoms with van der Waals surface area (Å²) in [5.74, 6) is -2.76. The molecular formula is C33H55N5O7. The number of esters is 1. The van der Waals surface area contributed by atoms with E-state index in [9.17, 15) is 28.8 Å². The van der Waals surface area contributed by atoms with Gasteiger partial charge in [0.15, 0.2) is 0 Å². The van der Waals surface area contributed by atoms with Crippen molar-refractivity contribution < 1.29 is 33.5 Å². The monoisotopic (exact) mass is 633 g/mol. The van der Waals surface area contributed by atoms with Gasteiger partial charge in [0.2, 0.25) is 17.6 Å². The van der Waals surface area contributed by atoms with Gasteiger partial charge in [0.05, 0.1) is 12.6 Å². The van der Waals surface area contributed by atoms with Gasteiger partial charge in [0.1, 0.15) is 18.1 Å². The van der Waals surface area contributed by atoms with Crippen LogP contribution in [0.2, 0.25) is 0 Å². The molecule has 0 aromatic carbocycles. The van der Waals surface area contributed by atoms with Crippen molar-refractivity contribution >= 4 is 35.5 Å². The van der Waals surface area contributed by atoms with Crippen molar-refractivity contribution in [1.82, 2.24) is 26.2 Å². The minimum atomic E-state index is -1.04. The third kappa shape index (κ3) is 11.1. The highest BCUT2D eigenvalue weighted by Gasteiger charge is 2.46. The zero-order valence-corrected chi connectivity index (χ0v) is 28.4. The minimum Gasteiger partial charge on any atom is -0.464 e. The minimum absolute atomic E-state index is 0.00178. The molecule has 5 amide bonds. The normalized spacial score (nSPS) is 20.2. The van der Waals surface area contributed by atoms with Crippen molar-refractivity contribution in [3.63, 3.8) is 0 Å². The van der Waals surface area contributed by atoms with Crippen LogP contribution in [-0.2, 0) is 28.7 Å². The van der Waals surface area contributed by atoms with Crippen LogP contribution >= 0.6 is 0 Å². The van der Waals surface area contributed by atoms with Crippen LogP contribution in [0.15, 0.2) is 12.7 Å². The number of Topliss-reactive ketones (excluding diaryl/α,β-unsaturated/α-hetero) is 1. The fourth-order valence-corrected chi connectivity index (χ4v) is 5.28. The Bertz CT molecular complexity index is 1100. The second-order valence-electron chi connectivity index (χ2n) is 14.2. The number of rotatable bonds is 16. The number of amides is 5. The summed E-state index contributed by atoms with van der Waals surface area (Å²) >= 11 is 0. The van der Waals surface area contributed by atoms with Crippen molar-refractivity contribution in [2.24, 2.45) is 29.1 Å². The molecule has 12 nitrogen and oxygen atoms in total. The Morgan fingerprint density at radius 1 is 1.00 bits per heavy atom. The molecule has 2 rings (SSSR count). The molecule has 4 N–H and O–H groups in total. The number of ketones is 1. The summed E-state index contributed by atoms with van der Waals surface area (Å²) in [7, 11) is 0. The first-order chi connectivity index (χ1) is 21.0. The van der Waals surface area contributed by atoms with E-state index >= 15 is 0 Å². The molecule has 0 bridgehead atoms. The number of urea groups is 1. The zero-order valence-electron chi connectivity index (χ0n) is 28.4. The molecule has 12 heteroatoms. The summed E-state index contributed by atoms with van der Waals surface area (Å²) in [6, 6.07) is -4.56. The van der Waals surface area contributed by atoms with Crippen molar-refractivity contribution in [3.8, 4) is 0 Å². The number of carbonyl (C=O) groups is 6. The Morgan fingerprint density at radius 2 is 1.64 bits per heavy atom. The standard InChI is InChI=1S/C33H55N5O7/c1-10-12-23(26(39)29(41)34-15-11-2)35-28(40)24-16-22(19(3)4)17-38(24)30(42)27(33(7,8)9)37-32(44)36-25(20(5)6)31(43)45-18-21-13-14-21/h11,19-25,27H,2,10,12-18H2,1,3-9H3,(H,34,41)(H,35,40)(H2,36,37,44). The SMILES string of the molecule is C=CCNC(=O)C(=O)C(CCC)NC(=O)C1CC(C(C)C)CN1C(=O)C(NC(=O)NC(C(=O)OCC1CC1)C(C)C)C(C)(C)C. The van der Waals surface area contributed by atoms with E-state index in [-0.39, 0.29) is 30.7 Å². The lowest BCUT2D eigenvalue weighted by Crippen LogP contribution is -2.61. The molecule has 0 radical (unpaired) electrons. The topological polar surface area (TPSA) is 163 Å². The Labute approximate surface area is 268 Å².